The van der Waals surface area contributed by atoms with Crippen LogP contribution < -0.4 is 37.6 Å². The topological polar surface area (TPSA) is 249 Å². The number of nitrogens with one attached hydrogen (secondary N) is 1. The molecule has 2 fully saturated rings. The number of ketones is 1. The van der Waals surface area contributed by atoms with Crippen molar-refractivity contribution in [2.24, 2.45) is 19.1 Å². The molecule has 0 spiro atoms. The van der Waals surface area contributed by atoms with E-state index in [0.29, 0.717) is 58.0 Å². The van der Waals surface area contributed by atoms with Crippen LogP contribution in [-0.4, -0.2) is 110 Å². The fourth-order valence-electron chi connectivity index (χ4n) is 8.54. The van der Waals surface area contributed by atoms with E-state index in [9.17, 15) is 46.3 Å². The summed E-state index contributed by atoms with van der Waals surface area (Å²) in [5, 5.41) is 10.3. The number of halogens is 5. The van der Waals surface area contributed by atoms with Crippen molar-refractivity contribution in [3.63, 3.8) is 0 Å². The molecule has 10 heterocycles. The maximum absolute atomic E-state index is 13.5. The van der Waals surface area contributed by atoms with Crippen LogP contribution >= 0.6 is 11.6 Å². The molecule has 1 amide bonds. The molecule has 0 saturated carbocycles. The molecule has 10 rings (SSSR count). The summed E-state index contributed by atoms with van der Waals surface area (Å²) in [7, 11) is 3.09. The number of carbonyl (C=O) groups is 2. The predicted molar refractivity (Wildman–Crippen MR) is 267 cm³/mol. The van der Waals surface area contributed by atoms with Gasteiger partial charge >= 0.3 is 11.4 Å². The minimum atomic E-state index is -2.67. The Morgan fingerprint density at radius 3 is 1.84 bits per heavy atom. The number of aromatic nitrogens is 10. The number of aliphatic imine (C=N–C) groups is 1. The largest absolute Gasteiger partial charge is 0.361 e. The number of alkyl halides is 5. The third-order valence-corrected chi connectivity index (χ3v) is 12.8. The summed E-state index contributed by atoms with van der Waals surface area (Å²) in [6.45, 7) is 4.09. The summed E-state index contributed by atoms with van der Waals surface area (Å²) in [4.78, 5) is 95.0. The standard InChI is InChI=1S/C23H24F2N8O4.C13H15ClF2N2O.C12H12N4O3/c1-14-10-15(29-37-14)11-33-21(35)19-20(30(2)22(33)36)26-13-32(19)12-18(34)28-16-4-3-5-17(27-16)31-8-6-23(24,25)7-9-31;14-9-11(19)8-10-2-1-3-12(17-10)18-6-4-13(15,16)5-7-18;1-7-5-8(14-19-7)6-16-11(17)9-3-4-13-10(9)15(2)12(16)18/h3-5,10,13H,6-9,11-12H2,1-2H3,(H,27,28,34);1-3H,4-9H2;4-5H,3,6H2,1-2H3. The van der Waals surface area contributed by atoms with Crippen LogP contribution in [0, 0.1) is 13.8 Å². The first-order valence-electron chi connectivity index (χ1n) is 23.6. The molecule has 0 unspecified atom stereocenters. The Morgan fingerprint density at radius 2 is 1.28 bits per heavy atom. The zero-order chi connectivity index (χ0) is 53.8. The Hall–Kier alpha value is -8.03. The molecule has 1 N–H and O–H groups in total. The number of hydrogen-bond donors (Lipinski definition) is 1. The molecule has 0 atom stereocenters. The molecule has 7 aromatic rings. The second-order valence-electron chi connectivity index (χ2n) is 18.1. The molecule has 396 valence electrons. The second-order valence-corrected chi connectivity index (χ2v) is 18.4. The van der Waals surface area contributed by atoms with Gasteiger partial charge in [-0.1, -0.05) is 22.4 Å². The highest BCUT2D eigenvalue weighted by Crippen LogP contribution is 2.31. The molecule has 22 nitrogen and oxygen atoms in total. The summed E-state index contributed by atoms with van der Waals surface area (Å²) < 4.78 is 69.2. The number of imidazole rings is 1. The monoisotopic (exact) mass is 1060 g/mol. The molecule has 75 heavy (non-hydrogen) atoms. The quantitative estimate of drug-likeness (QED) is 0.132. The van der Waals surface area contributed by atoms with Crippen LogP contribution in [0.4, 0.5) is 40.8 Å². The molecule has 2 saturated heterocycles. The van der Waals surface area contributed by atoms with Crippen molar-refractivity contribution < 1.29 is 36.2 Å². The fourth-order valence-corrected chi connectivity index (χ4v) is 8.63. The Balaban J connectivity index is 0.000000165. The van der Waals surface area contributed by atoms with Gasteiger partial charge in [0.05, 0.1) is 43.0 Å². The number of fused-ring (bicyclic) bond motifs is 2. The summed E-state index contributed by atoms with van der Waals surface area (Å²) in [5.74, 6) is -2.85. The summed E-state index contributed by atoms with van der Waals surface area (Å²) in [6, 6.07) is 13.6. The number of carbonyl (C=O) groups excluding carboxylic acids is 2. The van der Waals surface area contributed by atoms with E-state index in [0.717, 1.165) is 9.13 Å². The SMILES string of the molecule is Cc1cc(Cn2c(=O)c3c(n(C)c2=O)N=CC3)no1.Cc1cc(Cn2c(=O)c3c(ncn3CC(=O)Nc3cccc(N4CCC(F)(F)CC4)n3)n(C)c2=O)no1.O=C(CCl)Cc1cccc(N2CCC(F)(F)CC2)n1. The fraction of sp³-hybridized carbons (Fsp3) is 0.417. The molecule has 0 aliphatic carbocycles. The number of pyridine rings is 2. The predicted octanol–water partition coefficient (Wildman–Crippen LogP) is 4.33. The number of hydrogen-bond acceptors (Lipinski definition) is 16. The lowest BCUT2D eigenvalue weighted by Gasteiger charge is -2.32. The Bertz CT molecular complexity index is 3520. The van der Waals surface area contributed by atoms with Gasteiger partial charge in [-0.15, -0.1) is 11.6 Å². The number of aryl methyl sites for hydroxylation is 3. The van der Waals surface area contributed by atoms with Gasteiger partial charge in [0.1, 0.15) is 52.7 Å². The first kappa shape index (κ1) is 53.3. The first-order chi connectivity index (χ1) is 35.7. The molecule has 27 heteroatoms. The van der Waals surface area contributed by atoms with Gasteiger partial charge in [-0.3, -0.25) is 37.4 Å². The summed E-state index contributed by atoms with van der Waals surface area (Å²) in [6.07, 6.45) is 2.77. The van der Waals surface area contributed by atoms with Crippen LogP contribution in [0.2, 0.25) is 0 Å². The number of Topliss-reactive ketones (excluding diaryl/α,β-unsaturated/α-hetero) is 1. The highest BCUT2D eigenvalue weighted by Gasteiger charge is 2.35. The zero-order valence-corrected chi connectivity index (χ0v) is 41.9. The number of nitrogens with zero attached hydrogens (tertiary/aromatic N) is 13. The van der Waals surface area contributed by atoms with E-state index in [4.69, 9.17) is 20.6 Å². The third kappa shape index (κ3) is 12.5. The molecule has 3 aliphatic rings. The van der Waals surface area contributed by atoms with Gasteiger partial charge < -0.3 is 28.7 Å². The van der Waals surface area contributed by atoms with Gasteiger partial charge in [0.2, 0.25) is 5.91 Å². The third-order valence-electron chi connectivity index (χ3n) is 12.5. The highest BCUT2D eigenvalue weighted by atomic mass is 35.5. The van der Waals surface area contributed by atoms with E-state index in [1.165, 1.54) is 27.1 Å². The first-order valence-corrected chi connectivity index (χ1v) is 24.1. The Labute approximate surface area is 427 Å². The van der Waals surface area contributed by atoms with Crippen LogP contribution in [0.3, 0.4) is 0 Å². The van der Waals surface area contributed by atoms with Crippen molar-refractivity contribution >= 4 is 63.9 Å². The van der Waals surface area contributed by atoms with Crippen molar-refractivity contribution in [3.8, 4) is 0 Å². The van der Waals surface area contributed by atoms with Gasteiger partial charge in [-0.05, 0) is 38.1 Å². The van der Waals surface area contributed by atoms with Crippen molar-refractivity contribution in [3.05, 3.63) is 131 Å². The average molecular weight is 1060 g/mol. The van der Waals surface area contributed by atoms with Crippen LogP contribution in [0.25, 0.3) is 11.2 Å². The summed E-state index contributed by atoms with van der Waals surface area (Å²) in [5.41, 5.74) is 0.433. The molecule has 0 bridgehead atoms. The smallest absolute Gasteiger partial charge is 0.332 e. The van der Waals surface area contributed by atoms with E-state index < -0.39 is 34.7 Å². The summed E-state index contributed by atoms with van der Waals surface area (Å²) >= 11 is 5.45. The van der Waals surface area contributed by atoms with Gasteiger partial charge in [-0.25, -0.2) is 47.1 Å². The van der Waals surface area contributed by atoms with Gasteiger partial charge in [-0.2, -0.15) is 0 Å². The molecule has 7 aromatic heterocycles. The van der Waals surface area contributed by atoms with Crippen LogP contribution in [0.15, 0.2) is 88.1 Å². The number of piperidine rings is 2. The molecular formula is C48H51ClF4N14O8. The highest BCUT2D eigenvalue weighted by molar-refractivity contribution is 6.27. The molecule has 0 aromatic carbocycles. The van der Waals surface area contributed by atoms with Crippen molar-refractivity contribution in [2.75, 3.05) is 47.2 Å². The number of amides is 1. The molecule has 3 aliphatic heterocycles. The normalized spacial score (nSPS) is 15.5. The van der Waals surface area contributed by atoms with E-state index in [-0.39, 0.29) is 112 Å². The van der Waals surface area contributed by atoms with Crippen LogP contribution in [0.5, 0.6) is 0 Å². The maximum Gasteiger partial charge on any atom is 0.332 e. The number of anilines is 3. The lowest BCUT2D eigenvalue weighted by molar-refractivity contribution is -0.117. The lowest BCUT2D eigenvalue weighted by Crippen LogP contribution is -2.40. The minimum Gasteiger partial charge on any atom is -0.361 e. The van der Waals surface area contributed by atoms with Gasteiger partial charge in [0.25, 0.3) is 23.0 Å². The lowest BCUT2D eigenvalue weighted by atomic mass is 10.1. The molecule has 0 radical (unpaired) electrons. The van der Waals surface area contributed by atoms with Crippen LogP contribution in [0.1, 0.15) is 59.8 Å². The van der Waals surface area contributed by atoms with E-state index >= 15 is 0 Å². The van der Waals surface area contributed by atoms with Crippen LogP contribution in [-0.2, 0) is 56.2 Å². The Morgan fingerprint density at radius 1 is 0.733 bits per heavy atom. The minimum absolute atomic E-state index is 0.0398. The maximum atomic E-state index is 13.5. The second kappa shape index (κ2) is 22.2. The van der Waals surface area contributed by atoms with Crippen molar-refractivity contribution in [1.82, 2.24) is 48.1 Å². The molecular weight excluding hydrogens is 1010 g/mol. The van der Waals surface area contributed by atoms with E-state index in [1.807, 2.05) is 4.90 Å². The average Bonchev–Trinajstić information content (AvgIpc) is 4.22. The van der Waals surface area contributed by atoms with Crippen molar-refractivity contribution in [2.45, 2.75) is 83.9 Å². The zero-order valence-electron chi connectivity index (χ0n) is 41.1. The number of rotatable bonds is 12. The Kier molecular flexibility index (Phi) is 15.8. The van der Waals surface area contributed by atoms with Crippen molar-refractivity contribution in [1.29, 1.82) is 0 Å². The van der Waals surface area contributed by atoms with Gasteiger partial charge in [0.15, 0.2) is 16.9 Å². The van der Waals surface area contributed by atoms with E-state index in [1.54, 1.807) is 80.5 Å². The van der Waals surface area contributed by atoms with Gasteiger partial charge in [0, 0.05) is 90.7 Å². The van der Waals surface area contributed by atoms with E-state index in [2.05, 4.69) is 35.6 Å².